The zero-order chi connectivity index (χ0) is 16.9. The molecule has 1 atom stereocenters. The van der Waals surface area contributed by atoms with Crippen LogP contribution < -0.4 is 5.32 Å². The third-order valence-electron chi connectivity index (χ3n) is 4.26. The van der Waals surface area contributed by atoms with Crippen LogP contribution in [0.1, 0.15) is 51.7 Å². The highest BCUT2D eigenvalue weighted by Crippen LogP contribution is 2.31. The standard InChI is InChI=1S/C16H28N4O3/c1-12(2)6-8-17-15(21)20-9-5-7-16(3,11-20)14-18-13(10-22-4)23-19-14/h12H,5-11H2,1-4H3,(H,17,21). The van der Waals surface area contributed by atoms with E-state index >= 15 is 0 Å². The van der Waals surface area contributed by atoms with Crippen LogP contribution >= 0.6 is 0 Å². The molecule has 7 heteroatoms. The number of hydrogen-bond acceptors (Lipinski definition) is 5. The summed E-state index contributed by atoms with van der Waals surface area (Å²) in [6.45, 7) is 8.78. The first-order chi connectivity index (χ1) is 10.9. The molecule has 0 radical (unpaired) electrons. The van der Waals surface area contributed by atoms with Gasteiger partial charge in [-0.1, -0.05) is 25.9 Å². The first kappa shape index (κ1) is 17.7. The van der Waals surface area contributed by atoms with Gasteiger partial charge in [-0.25, -0.2) is 4.79 Å². The number of hydrogen-bond donors (Lipinski definition) is 1. The van der Waals surface area contributed by atoms with E-state index in [1.165, 1.54) is 0 Å². The van der Waals surface area contributed by atoms with Crippen LogP contribution in [-0.4, -0.2) is 47.8 Å². The molecule has 1 unspecified atom stereocenters. The van der Waals surface area contributed by atoms with Crippen LogP contribution in [0.2, 0.25) is 0 Å². The summed E-state index contributed by atoms with van der Waals surface area (Å²) in [5, 5.41) is 7.09. The number of carbonyl (C=O) groups is 1. The molecule has 0 aromatic carbocycles. The molecule has 7 nitrogen and oxygen atoms in total. The number of urea groups is 1. The van der Waals surface area contributed by atoms with Crippen LogP contribution in [0.15, 0.2) is 4.52 Å². The minimum absolute atomic E-state index is 0.00261. The maximum atomic E-state index is 12.3. The molecular weight excluding hydrogens is 296 g/mol. The Labute approximate surface area is 137 Å². The fourth-order valence-corrected chi connectivity index (χ4v) is 2.86. The van der Waals surface area contributed by atoms with Gasteiger partial charge in [0.2, 0.25) is 0 Å². The van der Waals surface area contributed by atoms with Crippen molar-refractivity contribution in [1.29, 1.82) is 0 Å². The minimum atomic E-state index is -0.275. The Balaban J connectivity index is 1.96. The maximum absolute atomic E-state index is 12.3. The number of piperidine rings is 1. The molecule has 1 saturated heterocycles. The molecule has 2 heterocycles. The molecule has 130 valence electrons. The van der Waals surface area contributed by atoms with Crippen LogP contribution in [0.3, 0.4) is 0 Å². The van der Waals surface area contributed by atoms with E-state index in [1.807, 2.05) is 4.90 Å². The summed E-state index contributed by atoms with van der Waals surface area (Å²) in [7, 11) is 1.59. The molecule has 1 N–H and O–H groups in total. The molecule has 2 amide bonds. The summed E-state index contributed by atoms with van der Waals surface area (Å²) in [6, 6.07) is -0.00261. The molecule has 0 spiro atoms. The Hall–Kier alpha value is -1.63. The van der Waals surface area contributed by atoms with E-state index in [1.54, 1.807) is 7.11 Å². The highest BCUT2D eigenvalue weighted by atomic mass is 16.5. The fraction of sp³-hybridized carbons (Fsp3) is 0.812. The third kappa shape index (κ3) is 4.67. The Kier molecular flexibility index (Phi) is 5.98. The number of nitrogens with one attached hydrogen (secondary N) is 1. The first-order valence-electron chi connectivity index (χ1n) is 8.29. The number of rotatable bonds is 6. The summed E-state index contributed by atoms with van der Waals surface area (Å²) in [5.41, 5.74) is -0.275. The molecule has 23 heavy (non-hydrogen) atoms. The van der Waals surface area contributed by atoms with Crippen molar-refractivity contribution in [2.24, 2.45) is 5.92 Å². The van der Waals surface area contributed by atoms with Crippen molar-refractivity contribution in [2.45, 2.75) is 52.1 Å². The topological polar surface area (TPSA) is 80.5 Å². The van der Waals surface area contributed by atoms with Crippen molar-refractivity contribution >= 4 is 6.03 Å². The molecule has 1 aliphatic heterocycles. The van der Waals surface area contributed by atoms with Crippen molar-refractivity contribution < 1.29 is 14.1 Å². The third-order valence-corrected chi connectivity index (χ3v) is 4.26. The van der Waals surface area contributed by atoms with E-state index < -0.39 is 0 Å². The van der Waals surface area contributed by atoms with Gasteiger partial charge in [-0.05, 0) is 25.2 Å². The van der Waals surface area contributed by atoms with Gasteiger partial charge >= 0.3 is 6.03 Å². The van der Waals surface area contributed by atoms with Gasteiger partial charge < -0.3 is 19.5 Å². The van der Waals surface area contributed by atoms with Crippen LogP contribution in [0.4, 0.5) is 4.79 Å². The van der Waals surface area contributed by atoms with Crippen LogP contribution in [-0.2, 0) is 16.8 Å². The average molecular weight is 324 g/mol. The Morgan fingerprint density at radius 3 is 3.00 bits per heavy atom. The molecule has 0 saturated carbocycles. The highest BCUT2D eigenvalue weighted by Gasteiger charge is 2.38. The van der Waals surface area contributed by atoms with Gasteiger partial charge in [0.15, 0.2) is 5.82 Å². The monoisotopic (exact) mass is 324 g/mol. The van der Waals surface area contributed by atoms with Crippen LogP contribution in [0.25, 0.3) is 0 Å². The SMILES string of the molecule is COCc1nc(C2(C)CCCN(C(=O)NCCC(C)C)C2)no1. The smallest absolute Gasteiger partial charge is 0.317 e. The van der Waals surface area contributed by atoms with E-state index in [2.05, 4.69) is 36.2 Å². The zero-order valence-electron chi connectivity index (χ0n) is 14.6. The largest absolute Gasteiger partial charge is 0.375 e. The number of aromatic nitrogens is 2. The van der Waals surface area contributed by atoms with E-state index in [0.29, 0.717) is 37.3 Å². The number of likely N-dealkylation sites (tertiary alicyclic amines) is 1. The first-order valence-corrected chi connectivity index (χ1v) is 8.29. The summed E-state index contributed by atoms with van der Waals surface area (Å²) in [4.78, 5) is 18.6. The number of ether oxygens (including phenoxy) is 1. The lowest BCUT2D eigenvalue weighted by Gasteiger charge is -2.38. The van der Waals surface area contributed by atoms with E-state index in [0.717, 1.165) is 25.8 Å². The summed E-state index contributed by atoms with van der Waals surface area (Å²) < 4.78 is 10.2. The number of amides is 2. The Morgan fingerprint density at radius 1 is 1.52 bits per heavy atom. The van der Waals surface area contributed by atoms with Crippen LogP contribution in [0, 0.1) is 5.92 Å². The number of carbonyl (C=O) groups excluding carboxylic acids is 1. The van der Waals surface area contributed by atoms with Crippen molar-refractivity contribution in [2.75, 3.05) is 26.7 Å². The van der Waals surface area contributed by atoms with Crippen molar-refractivity contribution in [1.82, 2.24) is 20.4 Å². The summed E-state index contributed by atoms with van der Waals surface area (Å²) >= 11 is 0. The molecule has 1 aromatic heterocycles. The predicted octanol–water partition coefficient (Wildman–Crippen LogP) is 2.33. The van der Waals surface area contributed by atoms with Gasteiger partial charge in [-0.2, -0.15) is 4.98 Å². The second kappa shape index (κ2) is 7.77. The molecule has 1 aromatic rings. The van der Waals surface area contributed by atoms with E-state index in [4.69, 9.17) is 9.26 Å². The number of nitrogens with zero attached hydrogens (tertiary/aromatic N) is 3. The lowest BCUT2D eigenvalue weighted by Crippen LogP contribution is -2.51. The summed E-state index contributed by atoms with van der Waals surface area (Å²) in [5.74, 6) is 1.71. The van der Waals surface area contributed by atoms with Gasteiger partial charge in [0.1, 0.15) is 6.61 Å². The maximum Gasteiger partial charge on any atom is 0.317 e. The Morgan fingerprint density at radius 2 is 2.30 bits per heavy atom. The Bertz CT molecular complexity index is 517. The fourth-order valence-electron chi connectivity index (χ4n) is 2.86. The molecule has 1 fully saturated rings. The second-order valence-corrected chi connectivity index (χ2v) is 6.94. The van der Waals surface area contributed by atoms with Crippen molar-refractivity contribution in [3.63, 3.8) is 0 Å². The summed E-state index contributed by atoms with van der Waals surface area (Å²) in [6.07, 6.45) is 2.86. The van der Waals surface area contributed by atoms with Crippen LogP contribution in [0.5, 0.6) is 0 Å². The lowest BCUT2D eigenvalue weighted by atomic mass is 9.81. The van der Waals surface area contributed by atoms with Gasteiger partial charge in [0.05, 0.1) is 0 Å². The average Bonchev–Trinajstić information content (AvgIpc) is 2.97. The molecular formula is C16H28N4O3. The van der Waals surface area contributed by atoms with Gasteiger partial charge in [-0.3, -0.25) is 0 Å². The predicted molar refractivity (Wildman–Crippen MR) is 86.0 cm³/mol. The van der Waals surface area contributed by atoms with E-state index in [-0.39, 0.29) is 11.4 Å². The van der Waals surface area contributed by atoms with Gasteiger partial charge in [-0.15, -0.1) is 0 Å². The second-order valence-electron chi connectivity index (χ2n) is 6.94. The molecule has 1 aliphatic rings. The van der Waals surface area contributed by atoms with E-state index in [9.17, 15) is 4.79 Å². The van der Waals surface area contributed by atoms with Gasteiger partial charge in [0, 0.05) is 32.2 Å². The van der Waals surface area contributed by atoms with Crippen molar-refractivity contribution in [3.8, 4) is 0 Å². The molecule has 0 aliphatic carbocycles. The van der Waals surface area contributed by atoms with Gasteiger partial charge in [0.25, 0.3) is 5.89 Å². The molecule has 2 rings (SSSR count). The molecule has 0 bridgehead atoms. The highest BCUT2D eigenvalue weighted by molar-refractivity contribution is 5.74. The number of methoxy groups -OCH3 is 1. The minimum Gasteiger partial charge on any atom is -0.375 e. The quantitative estimate of drug-likeness (QED) is 0.868. The van der Waals surface area contributed by atoms with Crippen molar-refractivity contribution in [3.05, 3.63) is 11.7 Å². The lowest BCUT2D eigenvalue weighted by molar-refractivity contribution is 0.148. The zero-order valence-corrected chi connectivity index (χ0v) is 14.6. The normalized spacial score (nSPS) is 21.7.